The number of hydrogen-bond donors (Lipinski definition) is 1. The monoisotopic (exact) mass is 244 g/mol. The summed E-state index contributed by atoms with van der Waals surface area (Å²) in [6, 6.07) is 14.4. The third-order valence-electron chi connectivity index (χ3n) is 2.46. The van der Waals surface area contributed by atoms with Gasteiger partial charge in [0.05, 0.1) is 0 Å². The summed E-state index contributed by atoms with van der Waals surface area (Å²) in [4.78, 5) is 5.67. The minimum absolute atomic E-state index is 0.727. The number of aromatic nitrogens is 1. The average molecular weight is 244 g/mol. The molecule has 0 aliphatic carbocycles. The molecule has 2 N–H and O–H groups in total. The predicted molar refractivity (Wildman–Crippen MR) is 72.2 cm³/mol. The fourth-order valence-corrected chi connectivity index (χ4v) is 2.53. The minimum atomic E-state index is 0.727. The molecule has 0 atom stereocenters. The number of rotatable bonds is 5. The number of pyridine rings is 1. The highest BCUT2D eigenvalue weighted by Crippen LogP contribution is 2.28. The highest BCUT2D eigenvalue weighted by atomic mass is 32.2. The normalized spacial score (nSPS) is 10.4. The second kappa shape index (κ2) is 6.42. The van der Waals surface area contributed by atoms with E-state index < -0.39 is 0 Å². The first-order chi connectivity index (χ1) is 8.40. The van der Waals surface area contributed by atoms with Crippen LogP contribution in [-0.4, -0.2) is 11.5 Å². The Hall–Kier alpha value is -1.32. The maximum absolute atomic E-state index is 5.55. The molecule has 3 heteroatoms. The van der Waals surface area contributed by atoms with Crippen LogP contribution in [0.1, 0.15) is 12.0 Å². The molecule has 0 bridgehead atoms. The molecule has 2 aromatic rings. The molecule has 0 fully saturated rings. The molecule has 17 heavy (non-hydrogen) atoms. The van der Waals surface area contributed by atoms with Gasteiger partial charge in [0.15, 0.2) is 0 Å². The summed E-state index contributed by atoms with van der Waals surface area (Å²) in [5, 5.41) is 1.09. The molecule has 0 amide bonds. The van der Waals surface area contributed by atoms with Crippen LogP contribution in [0.2, 0.25) is 0 Å². The van der Waals surface area contributed by atoms with Crippen LogP contribution in [0.4, 0.5) is 0 Å². The summed E-state index contributed by atoms with van der Waals surface area (Å²) in [5.41, 5.74) is 6.84. The van der Waals surface area contributed by atoms with Crippen molar-refractivity contribution in [2.75, 3.05) is 6.54 Å². The molecular weight excluding hydrogens is 228 g/mol. The summed E-state index contributed by atoms with van der Waals surface area (Å²) in [7, 11) is 0. The molecule has 2 nitrogen and oxygen atoms in total. The number of aryl methyl sites for hydroxylation is 1. The van der Waals surface area contributed by atoms with Gasteiger partial charge in [-0.05, 0) is 43.1 Å². The van der Waals surface area contributed by atoms with Crippen LogP contribution in [0, 0.1) is 0 Å². The van der Waals surface area contributed by atoms with Crippen LogP contribution >= 0.6 is 11.8 Å². The second-order valence-corrected chi connectivity index (χ2v) is 4.84. The first kappa shape index (κ1) is 12.1. The van der Waals surface area contributed by atoms with Crippen molar-refractivity contribution in [3.05, 3.63) is 54.2 Å². The maximum Gasteiger partial charge on any atom is 0.104 e. The van der Waals surface area contributed by atoms with Crippen LogP contribution < -0.4 is 5.73 Å². The lowest BCUT2D eigenvalue weighted by Gasteiger charge is -2.07. The third kappa shape index (κ3) is 3.58. The highest BCUT2D eigenvalue weighted by Gasteiger charge is 2.04. The Kier molecular flexibility index (Phi) is 4.59. The van der Waals surface area contributed by atoms with E-state index in [1.807, 2.05) is 30.5 Å². The van der Waals surface area contributed by atoms with E-state index in [1.54, 1.807) is 11.8 Å². The molecule has 1 heterocycles. The van der Waals surface area contributed by atoms with Crippen molar-refractivity contribution in [2.24, 2.45) is 5.73 Å². The summed E-state index contributed by atoms with van der Waals surface area (Å²) in [6.45, 7) is 0.727. The molecule has 1 aromatic carbocycles. The SMILES string of the molecule is NCCCc1cccnc1Sc1ccccc1. The average Bonchev–Trinajstić information content (AvgIpc) is 2.39. The van der Waals surface area contributed by atoms with Gasteiger partial charge in [-0.25, -0.2) is 4.98 Å². The predicted octanol–water partition coefficient (Wildman–Crippen LogP) is 3.12. The molecule has 2 rings (SSSR count). The van der Waals surface area contributed by atoms with Gasteiger partial charge >= 0.3 is 0 Å². The first-order valence-electron chi connectivity index (χ1n) is 5.77. The Bertz CT molecular complexity index is 457. The van der Waals surface area contributed by atoms with Crippen LogP contribution in [0.5, 0.6) is 0 Å². The summed E-state index contributed by atoms with van der Waals surface area (Å²) >= 11 is 1.71. The van der Waals surface area contributed by atoms with Crippen molar-refractivity contribution in [3.8, 4) is 0 Å². The Morgan fingerprint density at radius 3 is 2.65 bits per heavy atom. The van der Waals surface area contributed by atoms with E-state index in [0.717, 1.165) is 24.4 Å². The van der Waals surface area contributed by atoms with E-state index in [1.165, 1.54) is 10.5 Å². The largest absolute Gasteiger partial charge is 0.330 e. The van der Waals surface area contributed by atoms with Gasteiger partial charge in [0, 0.05) is 11.1 Å². The highest BCUT2D eigenvalue weighted by molar-refractivity contribution is 7.99. The topological polar surface area (TPSA) is 38.9 Å². The van der Waals surface area contributed by atoms with E-state index in [4.69, 9.17) is 5.73 Å². The van der Waals surface area contributed by atoms with Gasteiger partial charge in [0.2, 0.25) is 0 Å². The van der Waals surface area contributed by atoms with Crippen LogP contribution in [-0.2, 0) is 6.42 Å². The molecule has 0 unspecified atom stereocenters. The molecule has 0 radical (unpaired) electrons. The fraction of sp³-hybridized carbons (Fsp3) is 0.214. The molecule has 0 spiro atoms. The van der Waals surface area contributed by atoms with Crippen LogP contribution in [0.15, 0.2) is 58.6 Å². The zero-order valence-corrected chi connectivity index (χ0v) is 10.5. The number of benzene rings is 1. The fourth-order valence-electron chi connectivity index (χ4n) is 1.60. The maximum atomic E-state index is 5.55. The Labute approximate surface area is 106 Å². The minimum Gasteiger partial charge on any atom is -0.330 e. The smallest absolute Gasteiger partial charge is 0.104 e. The Balaban J connectivity index is 2.15. The van der Waals surface area contributed by atoms with E-state index in [9.17, 15) is 0 Å². The van der Waals surface area contributed by atoms with E-state index in [2.05, 4.69) is 23.2 Å². The zero-order valence-electron chi connectivity index (χ0n) is 9.67. The quantitative estimate of drug-likeness (QED) is 0.878. The molecule has 1 aromatic heterocycles. The van der Waals surface area contributed by atoms with Gasteiger partial charge in [0.25, 0.3) is 0 Å². The van der Waals surface area contributed by atoms with Crippen molar-refractivity contribution in [3.63, 3.8) is 0 Å². The van der Waals surface area contributed by atoms with E-state index >= 15 is 0 Å². The Morgan fingerprint density at radius 1 is 1.06 bits per heavy atom. The van der Waals surface area contributed by atoms with Gasteiger partial charge in [-0.3, -0.25) is 0 Å². The number of nitrogens with zero attached hydrogens (tertiary/aromatic N) is 1. The van der Waals surface area contributed by atoms with Gasteiger partial charge < -0.3 is 5.73 Å². The van der Waals surface area contributed by atoms with Crippen LogP contribution in [0.25, 0.3) is 0 Å². The van der Waals surface area contributed by atoms with Crippen molar-refractivity contribution in [2.45, 2.75) is 22.8 Å². The molecule has 0 saturated heterocycles. The van der Waals surface area contributed by atoms with Gasteiger partial charge in [-0.15, -0.1) is 0 Å². The van der Waals surface area contributed by atoms with E-state index in [-0.39, 0.29) is 0 Å². The first-order valence-corrected chi connectivity index (χ1v) is 6.58. The zero-order chi connectivity index (χ0) is 11.9. The summed E-state index contributed by atoms with van der Waals surface area (Å²) in [6.07, 6.45) is 3.85. The van der Waals surface area contributed by atoms with Crippen molar-refractivity contribution in [1.82, 2.24) is 4.98 Å². The second-order valence-electron chi connectivity index (χ2n) is 3.78. The van der Waals surface area contributed by atoms with Gasteiger partial charge in [-0.2, -0.15) is 0 Å². The molecular formula is C14H16N2S. The standard InChI is InChI=1S/C14H16N2S/c15-10-4-6-12-7-5-11-16-14(12)17-13-8-2-1-3-9-13/h1-3,5,7-9,11H,4,6,10,15H2. The lowest BCUT2D eigenvalue weighted by atomic mass is 10.2. The lowest BCUT2D eigenvalue weighted by molar-refractivity contribution is 0.808. The van der Waals surface area contributed by atoms with Crippen molar-refractivity contribution < 1.29 is 0 Å². The third-order valence-corrected chi connectivity index (χ3v) is 3.53. The molecule has 0 aliphatic rings. The molecule has 0 aliphatic heterocycles. The summed E-state index contributed by atoms with van der Waals surface area (Å²) in [5.74, 6) is 0. The van der Waals surface area contributed by atoms with Crippen molar-refractivity contribution in [1.29, 1.82) is 0 Å². The van der Waals surface area contributed by atoms with Crippen molar-refractivity contribution >= 4 is 11.8 Å². The summed E-state index contributed by atoms with van der Waals surface area (Å²) < 4.78 is 0. The lowest BCUT2D eigenvalue weighted by Crippen LogP contribution is -2.01. The van der Waals surface area contributed by atoms with E-state index in [0.29, 0.717) is 0 Å². The van der Waals surface area contributed by atoms with Gasteiger partial charge in [0.1, 0.15) is 5.03 Å². The van der Waals surface area contributed by atoms with Gasteiger partial charge in [-0.1, -0.05) is 36.0 Å². The van der Waals surface area contributed by atoms with Crippen LogP contribution in [0.3, 0.4) is 0 Å². The molecule has 88 valence electrons. The number of nitrogens with two attached hydrogens (primary N) is 1. The molecule has 0 saturated carbocycles. The Morgan fingerprint density at radius 2 is 1.88 bits per heavy atom. The number of hydrogen-bond acceptors (Lipinski definition) is 3.